The third kappa shape index (κ3) is 5.40. The van der Waals surface area contributed by atoms with Crippen LogP contribution in [0.2, 0.25) is 0 Å². The van der Waals surface area contributed by atoms with Crippen LogP contribution in [0.1, 0.15) is 11.8 Å². The number of amides is 2. The Labute approximate surface area is 193 Å². The van der Waals surface area contributed by atoms with E-state index in [1.807, 2.05) is 4.90 Å². The number of ether oxygens (including phenoxy) is 1. The number of hydrogen-bond donors (Lipinski definition) is 1. The molecule has 0 spiro atoms. The van der Waals surface area contributed by atoms with E-state index in [-0.39, 0.29) is 28.9 Å². The summed E-state index contributed by atoms with van der Waals surface area (Å²) in [5, 5.41) is 13.6. The third-order valence-corrected chi connectivity index (χ3v) is 6.64. The maximum absolute atomic E-state index is 14.9. The Morgan fingerprint density at radius 3 is 2.67 bits per heavy atom. The van der Waals surface area contributed by atoms with E-state index in [1.54, 1.807) is 18.2 Å². The molecule has 176 valence electrons. The van der Waals surface area contributed by atoms with Gasteiger partial charge in [-0.3, -0.25) is 24.7 Å². The molecular formula is C21H24FN5O5S. The number of carbonyl (C=O) groups is 2. The van der Waals surface area contributed by atoms with Gasteiger partial charge in [0.05, 0.1) is 29.4 Å². The van der Waals surface area contributed by atoms with Gasteiger partial charge in [-0.15, -0.1) is 0 Å². The number of cyclic esters (lactones) is 1. The van der Waals surface area contributed by atoms with Crippen molar-refractivity contribution in [3.63, 3.8) is 0 Å². The summed E-state index contributed by atoms with van der Waals surface area (Å²) in [6, 6.07) is 7.98. The number of nitro groups is 1. The number of benzene rings is 1. The third-order valence-electron chi connectivity index (χ3n) is 5.62. The topological polar surface area (TPSA) is 108 Å². The molecule has 1 aromatic carbocycles. The Morgan fingerprint density at radius 1 is 1.27 bits per heavy atom. The van der Waals surface area contributed by atoms with E-state index in [0.717, 1.165) is 4.88 Å². The summed E-state index contributed by atoms with van der Waals surface area (Å²) in [5.41, 5.74) is 0.872. The van der Waals surface area contributed by atoms with Gasteiger partial charge in [0, 0.05) is 50.6 Å². The first-order valence-corrected chi connectivity index (χ1v) is 11.3. The zero-order valence-electron chi connectivity index (χ0n) is 18.0. The van der Waals surface area contributed by atoms with Crippen LogP contribution in [0.4, 0.5) is 25.6 Å². The summed E-state index contributed by atoms with van der Waals surface area (Å²) in [6.45, 7) is 5.11. The van der Waals surface area contributed by atoms with Crippen LogP contribution in [-0.4, -0.2) is 67.2 Å². The molecular weight excluding hydrogens is 453 g/mol. The minimum Gasteiger partial charge on any atom is -0.442 e. The van der Waals surface area contributed by atoms with Crippen molar-refractivity contribution in [1.82, 2.24) is 10.2 Å². The first kappa shape index (κ1) is 22.9. The molecule has 2 aliphatic rings. The van der Waals surface area contributed by atoms with Crippen LogP contribution in [0.3, 0.4) is 0 Å². The van der Waals surface area contributed by atoms with E-state index < -0.39 is 18.0 Å². The van der Waals surface area contributed by atoms with Gasteiger partial charge in [0.15, 0.2) is 0 Å². The van der Waals surface area contributed by atoms with Gasteiger partial charge in [-0.2, -0.15) is 0 Å². The van der Waals surface area contributed by atoms with Gasteiger partial charge in [-0.1, -0.05) is 11.3 Å². The van der Waals surface area contributed by atoms with Crippen LogP contribution in [0.15, 0.2) is 30.3 Å². The van der Waals surface area contributed by atoms with E-state index in [2.05, 4.69) is 10.2 Å². The highest BCUT2D eigenvalue weighted by Gasteiger charge is 2.33. The first-order chi connectivity index (χ1) is 15.8. The van der Waals surface area contributed by atoms with Crippen LogP contribution in [0.5, 0.6) is 0 Å². The molecule has 2 aromatic rings. The summed E-state index contributed by atoms with van der Waals surface area (Å²) in [6.07, 6.45) is -1.05. The molecule has 0 unspecified atom stereocenters. The van der Waals surface area contributed by atoms with Crippen LogP contribution < -0.4 is 15.1 Å². The van der Waals surface area contributed by atoms with E-state index in [0.29, 0.717) is 44.1 Å². The molecule has 0 bridgehead atoms. The van der Waals surface area contributed by atoms with E-state index in [1.165, 1.54) is 35.3 Å². The van der Waals surface area contributed by atoms with E-state index in [4.69, 9.17) is 4.74 Å². The number of halogens is 1. The highest BCUT2D eigenvalue weighted by molar-refractivity contribution is 7.15. The second kappa shape index (κ2) is 9.71. The molecule has 2 amide bonds. The van der Waals surface area contributed by atoms with E-state index in [9.17, 15) is 24.1 Å². The highest BCUT2D eigenvalue weighted by Crippen LogP contribution is 2.29. The van der Waals surface area contributed by atoms with Crippen molar-refractivity contribution in [3.8, 4) is 0 Å². The van der Waals surface area contributed by atoms with Gasteiger partial charge in [-0.05, 0) is 24.3 Å². The second-order valence-electron chi connectivity index (χ2n) is 7.95. The van der Waals surface area contributed by atoms with Gasteiger partial charge in [-0.25, -0.2) is 9.18 Å². The average molecular weight is 478 g/mol. The smallest absolute Gasteiger partial charge is 0.414 e. The Hall–Kier alpha value is -3.25. The lowest BCUT2D eigenvalue weighted by molar-refractivity contribution is -0.380. The van der Waals surface area contributed by atoms with Crippen molar-refractivity contribution in [1.29, 1.82) is 0 Å². The lowest BCUT2D eigenvalue weighted by Gasteiger charge is -2.36. The quantitative estimate of drug-likeness (QED) is 0.482. The molecule has 0 saturated carbocycles. The lowest BCUT2D eigenvalue weighted by Crippen LogP contribution is -2.46. The van der Waals surface area contributed by atoms with Crippen molar-refractivity contribution >= 4 is 39.7 Å². The Balaban J connectivity index is 1.33. The summed E-state index contributed by atoms with van der Waals surface area (Å²) in [7, 11) is 0. The number of piperazine rings is 1. The molecule has 2 fully saturated rings. The maximum atomic E-state index is 14.9. The molecule has 33 heavy (non-hydrogen) atoms. The fraction of sp³-hybridized carbons (Fsp3) is 0.429. The van der Waals surface area contributed by atoms with Crippen molar-refractivity contribution in [3.05, 3.63) is 51.1 Å². The SMILES string of the molecule is CC(=O)NC[C@H]1CN(c2ccc(N3CCN(Cc4ccc([N+](=O)[O-])s4)CC3)c(F)c2)C(=O)O1. The minimum atomic E-state index is -0.570. The standard InChI is InChI=1S/C21H24FN5O5S/c1-14(28)23-11-16-12-26(21(29)32-16)15-2-4-19(18(22)10-15)25-8-6-24(7-9-25)13-17-3-5-20(33-17)27(30)31/h2-5,10,16H,6-9,11-13H2,1H3,(H,23,28)/t16-/m0/s1. The number of thiophene rings is 1. The summed E-state index contributed by atoms with van der Waals surface area (Å²) in [4.78, 5) is 40.1. The van der Waals surface area contributed by atoms with Crippen LogP contribution in [-0.2, 0) is 16.1 Å². The molecule has 12 heteroatoms. The number of nitrogens with one attached hydrogen (secondary N) is 1. The fourth-order valence-electron chi connectivity index (χ4n) is 3.93. The molecule has 2 saturated heterocycles. The number of nitrogens with zero attached hydrogens (tertiary/aromatic N) is 4. The van der Waals surface area contributed by atoms with Crippen molar-refractivity contribution in [2.75, 3.05) is 49.1 Å². The van der Waals surface area contributed by atoms with Crippen LogP contribution >= 0.6 is 11.3 Å². The molecule has 0 radical (unpaired) electrons. The van der Waals surface area contributed by atoms with Crippen molar-refractivity contribution in [2.45, 2.75) is 19.6 Å². The Kier molecular flexibility index (Phi) is 6.75. The molecule has 1 N–H and O–H groups in total. The van der Waals surface area contributed by atoms with Gasteiger partial charge in [0.25, 0.3) is 0 Å². The molecule has 3 heterocycles. The highest BCUT2D eigenvalue weighted by atomic mass is 32.1. The number of carbonyl (C=O) groups excluding carboxylic acids is 2. The molecule has 1 atom stereocenters. The van der Waals surface area contributed by atoms with Gasteiger partial charge >= 0.3 is 11.1 Å². The summed E-state index contributed by atoms with van der Waals surface area (Å²) in [5.74, 6) is -0.635. The van der Waals surface area contributed by atoms with Gasteiger partial charge in [0.1, 0.15) is 11.9 Å². The summed E-state index contributed by atoms with van der Waals surface area (Å²) >= 11 is 1.18. The number of hydrogen-bond acceptors (Lipinski definition) is 8. The lowest BCUT2D eigenvalue weighted by atomic mass is 10.2. The number of rotatable bonds is 7. The monoisotopic (exact) mass is 477 g/mol. The molecule has 4 rings (SSSR count). The predicted octanol–water partition coefficient (Wildman–Crippen LogP) is 2.58. The Morgan fingerprint density at radius 2 is 2.03 bits per heavy atom. The maximum Gasteiger partial charge on any atom is 0.414 e. The van der Waals surface area contributed by atoms with Crippen molar-refractivity contribution in [2.24, 2.45) is 0 Å². The zero-order valence-corrected chi connectivity index (χ0v) is 18.8. The zero-order chi connectivity index (χ0) is 23.5. The summed E-state index contributed by atoms with van der Waals surface area (Å²) < 4.78 is 20.2. The van der Waals surface area contributed by atoms with Gasteiger partial charge < -0.3 is 15.0 Å². The normalized spacial score (nSPS) is 19.0. The minimum absolute atomic E-state index is 0.133. The van der Waals surface area contributed by atoms with Crippen LogP contribution in [0.25, 0.3) is 0 Å². The first-order valence-electron chi connectivity index (χ1n) is 10.5. The Bertz CT molecular complexity index is 1060. The molecule has 0 aliphatic carbocycles. The van der Waals surface area contributed by atoms with Crippen LogP contribution in [0, 0.1) is 15.9 Å². The van der Waals surface area contributed by atoms with E-state index >= 15 is 0 Å². The van der Waals surface area contributed by atoms with Gasteiger partial charge in [0.2, 0.25) is 5.91 Å². The molecule has 10 nitrogen and oxygen atoms in total. The fourth-order valence-corrected chi connectivity index (χ4v) is 4.80. The largest absolute Gasteiger partial charge is 0.442 e. The number of anilines is 2. The second-order valence-corrected chi connectivity index (χ2v) is 9.10. The predicted molar refractivity (Wildman–Crippen MR) is 121 cm³/mol. The molecule has 2 aliphatic heterocycles. The molecule has 1 aromatic heterocycles. The average Bonchev–Trinajstić information content (AvgIpc) is 3.39. The van der Waals surface area contributed by atoms with Crippen molar-refractivity contribution < 1.29 is 23.6 Å².